The van der Waals surface area contributed by atoms with Crippen LogP contribution < -0.4 is 5.32 Å². The molecule has 0 aliphatic carbocycles. The second-order valence-electron chi connectivity index (χ2n) is 4.38. The average molecular weight is 280 g/mol. The van der Waals surface area contributed by atoms with Crippen LogP contribution in [0.5, 0.6) is 0 Å². The van der Waals surface area contributed by atoms with Crippen LogP contribution in [-0.2, 0) is 11.2 Å². The van der Waals surface area contributed by atoms with E-state index in [2.05, 4.69) is 10.3 Å². The Balaban J connectivity index is 2.21. The number of hydrogen-bond donors (Lipinski definition) is 1. The molecule has 0 saturated carbocycles. The number of thiazole rings is 1. The summed E-state index contributed by atoms with van der Waals surface area (Å²) in [5.74, 6) is 0.0615. The number of hydrogen-bond acceptors (Lipinski definition) is 4. The van der Waals surface area contributed by atoms with E-state index < -0.39 is 0 Å². The number of thiophene rings is 1. The van der Waals surface area contributed by atoms with Crippen LogP contribution >= 0.6 is 22.7 Å². The van der Waals surface area contributed by atoms with Crippen LogP contribution in [0, 0.1) is 6.92 Å². The van der Waals surface area contributed by atoms with Crippen LogP contribution in [0.1, 0.15) is 23.7 Å². The molecule has 2 rings (SSSR count). The van der Waals surface area contributed by atoms with Gasteiger partial charge in [0.15, 0.2) is 0 Å². The van der Waals surface area contributed by atoms with Crippen molar-refractivity contribution < 1.29 is 4.79 Å². The summed E-state index contributed by atoms with van der Waals surface area (Å²) < 4.78 is 0. The van der Waals surface area contributed by atoms with Gasteiger partial charge in [0.2, 0.25) is 5.91 Å². The molecule has 0 bridgehead atoms. The first-order chi connectivity index (χ1) is 8.56. The van der Waals surface area contributed by atoms with Crippen molar-refractivity contribution >= 4 is 28.6 Å². The second kappa shape index (κ2) is 5.63. The van der Waals surface area contributed by atoms with Gasteiger partial charge in [-0.1, -0.05) is 6.07 Å². The highest BCUT2D eigenvalue weighted by molar-refractivity contribution is 7.15. The maximum Gasteiger partial charge on any atom is 0.225 e. The van der Waals surface area contributed by atoms with E-state index in [4.69, 9.17) is 0 Å². The first kappa shape index (κ1) is 13.2. The number of aromatic nitrogens is 1. The zero-order valence-electron chi connectivity index (χ0n) is 10.7. The SMILES string of the molecule is Cc1nc(-c2cccs2)c(CC(=O)NC(C)C)s1. The Labute approximate surface area is 115 Å². The normalized spacial score (nSPS) is 10.9. The van der Waals surface area contributed by atoms with E-state index in [-0.39, 0.29) is 11.9 Å². The van der Waals surface area contributed by atoms with Crippen molar-refractivity contribution in [3.8, 4) is 10.6 Å². The van der Waals surface area contributed by atoms with E-state index in [1.165, 1.54) is 0 Å². The molecule has 0 radical (unpaired) electrons. The highest BCUT2D eigenvalue weighted by atomic mass is 32.1. The first-order valence-electron chi connectivity index (χ1n) is 5.86. The zero-order valence-corrected chi connectivity index (χ0v) is 12.3. The zero-order chi connectivity index (χ0) is 13.1. The van der Waals surface area contributed by atoms with Crippen molar-refractivity contribution in [3.63, 3.8) is 0 Å². The van der Waals surface area contributed by atoms with Crippen molar-refractivity contribution in [1.29, 1.82) is 0 Å². The fraction of sp³-hybridized carbons (Fsp3) is 0.385. The van der Waals surface area contributed by atoms with Gasteiger partial charge in [0.05, 0.1) is 22.0 Å². The Morgan fingerprint density at radius 2 is 2.28 bits per heavy atom. The Morgan fingerprint density at radius 3 is 2.89 bits per heavy atom. The van der Waals surface area contributed by atoms with E-state index in [9.17, 15) is 4.79 Å². The van der Waals surface area contributed by atoms with Gasteiger partial charge in [-0.3, -0.25) is 4.79 Å². The summed E-state index contributed by atoms with van der Waals surface area (Å²) in [5, 5.41) is 5.95. The molecule has 0 aliphatic rings. The second-order valence-corrected chi connectivity index (χ2v) is 6.62. The molecule has 1 N–H and O–H groups in total. The number of rotatable bonds is 4. The van der Waals surface area contributed by atoms with E-state index in [1.807, 2.05) is 38.3 Å². The van der Waals surface area contributed by atoms with E-state index >= 15 is 0 Å². The van der Waals surface area contributed by atoms with Gasteiger partial charge in [-0.05, 0) is 32.2 Å². The lowest BCUT2D eigenvalue weighted by atomic mass is 10.2. The summed E-state index contributed by atoms with van der Waals surface area (Å²) >= 11 is 3.26. The minimum Gasteiger partial charge on any atom is -0.354 e. The van der Waals surface area contributed by atoms with Gasteiger partial charge in [-0.25, -0.2) is 4.98 Å². The average Bonchev–Trinajstić information content (AvgIpc) is 2.85. The molecule has 1 amide bonds. The molecule has 2 heterocycles. The number of nitrogens with zero attached hydrogens (tertiary/aromatic N) is 1. The molecule has 3 nitrogen and oxygen atoms in total. The van der Waals surface area contributed by atoms with Gasteiger partial charge in [0, 0.05) is 10.9 Å². The Hall–Kier alpha value is -1.20. The summed E-state index contributed by atoms with van der Waals surface area (Å²) in [4.78, 5) is 18.5. The van der Waals surface area contributed by atoms with Crippen molar-refractivity contribution in [2.75, 3.05) is 0 Å². The molecular formula is C13H16N2OS2. The molecular weight excluding hydrogens is 264 g/mol. The fourth-order valence-corrected chi connectivity index (χ4v) is 3.47. The fourth-order valence-electron chi connectivity index (χ4n) is 1.71. The quantitative estimate of drug-likeness (QED) is 0.934. The number of amides is 1. The third-order valence-electron chi connectivity index (χ3n) is 2.33. The smallest absolute Gasteiger partial charge is 0.225 e. The van der Waals surface area contributed by atoms with Crippen molar-refractivity contribution in [2.45, 2.75) is 33.2 Å². The van der Waals surface area contributed by atoms with Crippen LogP contribution in [0.2, 0.25) is 0 Å². The summed E-state index contributed by atoms with van der Waals surface area (Å²) in [6.45, 7) is 5.91. The van der Waals surface area contributed by atoms with Crippen LogP contribution in [0.15, 0.2) is 17.5 Å². The molecule has 18 heavy (non-hydrogen) atoms. The van der Waals surface area contributed by atoms with E-state index in [0.717, 1.165) is 20.5 Å². The first-order valence-corrected chi connectivity index (χ1v) is 7.55. The minimum atomic E-state index is 0.0615. The lowest BCUT2D eigenvalue weighted by molar-refractivity contribution is -0.120. The minimum absolute atomic E-state index is 0.0615. The molecule has 5 heteroatoms. The van der Waals surface area contributed by atoms with Gasteiger partial charge in [0.25, 0.3) is 0 Å². The van der Waals surface area contributed by atoms with Crippen LogP contribution in [-0.4, -0.2) is 16.9 Å². The molecule has 2 aromatic heterocycles. The van der Waals surface area contributed by atoms with Crippen molar-refractivity contribution in [3.05, 3.63) is 27.4 Å². The molecule has 0 aromatic carbocycles. The number of carbonyl (C=O) groups excluding carboxylic acids is 1. The monoisotopic (exact) mass is 280 g/mol. The highest BCUT2D eigenvalue weighted by Crippen LogP contribution is 2.31. The van der Waals surface area contributed by atoms with Gasteiger partial charge >= 0.3 is 0 Å². The largest absolute Gasteiger partial charge is 0.354 e. The molecule has 0 saturated heterocycles. The van der Waals surface area contributed by atoms with Crippen molar-refractivity contribution in [1.82, 2.24) is 10.3 Å². The third kappa shape index (κ3) is 3.17. The summed E-state index contributed by atoms with van der Waals surface area (Å²) in [6.07, 6.45) is 0.414. The Kier molecular flexibility index (Phi) is 4.14. The summed E-state index contributed by atoms with van der Waals surface area (Å²) in [7, 11) is 0. The predicted octanol–water partition coefficient (Wildman–Crippen LogP) is 3.25. The molecule has 2 aromatic rings. The van der Waals surface area contributed by atoms with Crippen LogP contribution in [0.3, 0.4) is 0 Å². The molecule has 0 aliphatic heterocycles. The number of aryl methyl sites for hydroxylation is 1. The highest BCUT2D eigenvalue weighted by Gasteiger charge is 2.15. The van der Waals surface area contributed by atoms with Gasteiger partial charge < -0.3 is 5.32 Å². The van der Waals surface area contributed by atoms with Crippen molar-refractivity contribution in [2.24, 2.45) is 0 Å². The molecule has 0 atom stereocenters. The predicted molar refractivity (Wildman–Crippen MR) is 77.1 cm³/mol. The van der Waals surface area contributed by atoms with Gasteiger partial charge in [-0.2, -0.15) is 0 Å². The summed E-state index contributed by atoms with van der Waals surface area (Å²) in [6, 6.07) is 4.23. The molecule has 96 valence electrons. The maximum absolute atomic E-state index is 11.8. The van der Waals surface area contributed by atoms with Crippen LogP contribution in [0.25, 0.3) is 10.6 Å². The summed E-state index contributed by atoms with van der Waals surface area (Å²) in [5.41, 5.74) is 0.964. The molecule has 0 spiro atoms. The topological polar surface area (TPSA) is 42.0 Å². The number of nitrogens with one attached hydrogen (secondary N) is 1. The Morgan fingerprint density at radius 1 is 1.50 bits per heavy atom. The number of carbonyl (C=O) groups is 1. The lowest BCUT2D eigenvalue weighted by Crippen LogP contribution is -2.31. The third-order valence-corrected chi connectivity index (χ3v) is 4.18. The van der Waals surface area contributed by atoms with Crippen LogP contribution in [0.4, 0.5) is 0 Å². The standard InChI is InChI=1S/C13H16N2OS2/c1-8(2)14-12(16)7-11-13(15-9(3)18-11)10-5-4-6-17-10/h4-6,8H,7H2,1-3H3,(H,14,16). The van der Waals surface area contributed by atoms with Gasteiger partial charge in [-0.15, -0.1) is 22.7 Å². The molecule has 0 unspecified atom stereocenters. The molecule has 0 fully saturated rings. The maximum atomic E-state index is 11.8. The van der Waals surface area contributed by atoms with E-state index in [1.54, 1.807) is 22.7 Å². The van der Waals surface area contributed by atoms with E-state index in [0.29, 0.717) is 6.42 Å². The lowest BCUT2D eigenvalue weighted by Gasteiger charge is -2.07. The Bertz CT molecular complexity index is 529. The van der Waals surface area contributed by atoms with Gasteiger partial charge in [0.1, 0.15) is 0 Å².